The summed E-state index contributed by atoms with van der Waals surface area (Å²) in [5.41, 5.74) is 5.24. The van der Waals surface area contributed by atoms with Gasteiger partial charge in [0.25, 0.3) is 0 Å². The fourth-order valence-electron chi connectivity index (χ4n) is 2.47. The van der Waals surface area contributed by atoms with Crippen LogP contribution in [0.1, 0.15) is 35.2 Å². The smallest absolute Gasteiger partial charge is 0.0716 e. The first kappa shape index (κ1) is 14.8. The highest BCUT2D eigenvalue weighted by molar-refractivity contribution is 5.29. The second kappa shape index (κ2) is 7.22. The number of hydrogen-bond donors (Lipinski definition) is 1. The van der Waals surface area contributed by atoms with Crippen molar-refractivity contribution in [2.45, 2.75) is 33.0 Å². The molecule has 1 unspecified atom stereocenters. The Morgan fingerprint density at radius 1 is 1.00 bits per heavy atom. The van der Waals surface area contributed by atoms with Crippen LogP contribution in [0.4, 0.5) is 0 Å². The Bertz CT molecular complexity index is 551. The minimum Gasteiger partial charge on any atom is -0.380 e. The van der Waals surface area contributed by atoms with Gasteiger partial charge in [0.05, 0.1) is 6.61 Å². The van der Waals surface area contributed by atoms with Crippen LogP contribution in [-0.2, 0) is 17.9 Å². The van der Waals surface area contributed by atoms with Gasteiger partial charge in [-0.15, -0.1) is 0 Å². The van der Waals surface area contributed by atoms with Gasteiger partial charge < -0.3 is 10.1 Å². The first-order valence-corrected chi connectivity index (χ1v) is 7.07. The number of ether oxygens (including phenoxy) is 1. The molecular weight excluding hydrogens is 246 g/mol. The Labute approximate surface area is 121 Å². The molecule has 0 fully saturated rings. The molecule has 20 heavy (non-hydrogen) atoms. The number of aryl methyl sites for hydroxylation is 1. The molecule has 2 aromatic rings. The van der Waals surface area contributed by atoms with Crippen LogP contribution in [0.5, 0.6) is 0 Å². The first-order chi connectivity index (χ1) is 9.72. The Kier molecular flexibility index (Phi) is 5.33. The molecule has 0 spiro atoms. The maximum absolute atomic E-state index is 5.25. The van der Waals surface area contributed by atoms with Crippen LogP contribution < -0.4 is 5.32 Å². The van der Waals surface area contributed by atoms with E-state index in [0.29, 0.717) is 12.6 Å². The van der Waals surface area contributed by atoms with Crippen LogP contribution in [-0.4, -0.2) is 7.11 Å². The summed E-state index contributed by atoms with van der Waals surface area (Å²) in [4.78, 5) is 0. The van der Waals surface area contributed by atoms with Crippen LogP contribution in [0.15, 0.2) is 48.5 Å². The SMILES string of the molecule is COCc1ccccc1CNC(C)c1ccccc1C. The van der Waals surface area contributed by atoms with E-state index < -0.39 is 0 Å². The number of hydrogen-bond acceptors (Lipinski definition) is 2. The van der Waals surface area contributed by atoms with Crippen LogP contribution in [0.3, 0.4) is 0 Å². The summed E-state index contributed by atoms with van der Waals surface area (Å²) < 4.78 is 5.25. The van der Waals surface area contributed by atoms with E-state index >= 15 is 0 Å². The van der Waals surface area contributed by atoms with Crippen LogP contribution >= 0.6 is 0 Å². The highest BCUT2D eigenvalue weighted by atomic mass is 16.5. The van der Waals surface area contributed by atoms with E-state index in [1.807, 2.05) is 0 Å². The van der Waals surface area contributed by atoms with Crippen LogP contribution in [0.25, 0.3) is 0 Å². The lowest BCUT2D eigenvalue weighted by molar-refractivity contribution is 0.184. The number of benzene rings is 2. The lowest BCUT2D eigenvalue weighted by Gasteiger charge is -2.18. The number of methoxy groups -OCH3 is 1. The minimum absolute atomic E-state index is 0.340. The van der Waals surface area contributed by atoms with Crippen molar-refractivity contribution in [2.24, 2.45) is 0 Å². The zero-order valence-electron chi connectivity index (χ0n) is 12.5. The van der Waals surface area contributed by atoms with Crippen molar-refractivity contribution in [3.8, 4) is 0 Å². The highest BCUT2D eigenvalue weighted by Crippen LogP contribution is 2.18. The summed E-state index contributed by atoms with van der Waals surface area (Å²) >= 11 is 0. The Hall–Kier alpha value is -1.64. The maximum atomic E-state index is 5.25. The largest absolute Gasteiger partial charge is 0.380 e. The quantitative estimate of drug-likeness (QED) is 0.856. The molecule has 0 bridgehead atoms. The van der Waals surface area contributed by atoms with Crippen molar-refractivity contribution in [2.75, 3.05) is 7.11 Å². The van der Waals surface area contributed by atoms with Crippen molar-refractivity contribution in [1.82, 2.24) is 5.32 Å². The molecule has 0 aliphatic heterocycles. The highest BCUT2D eigenvalue weighted by Gasteiger charge is 2.08. The molecule has 2 rings (SSSR count). The van der Waals surface area contributed by atoms with Gasteiger partial charge in [-0.05, 0) is 36.1 Å². The van der Waals surface area contributed by atoms with E-state index in [-0.39, 0.29) is 0 Å². The molecule has 1 atom stereocenters. The van der Waals surface area contributed by atoms with Gasteiger partial charge in [0.2, 0.25) is 0 Å². The molecule has 0 radical (unpaired) electrons. The van der Waals surface area contributed by atoms with E-state index in [0.717, 1.165) is 6.54 Å². The van der Waals surface area contributed by atoms with Crippen molar-refractivity contribution in [1.29, 1.82) is 0 Å². The molecule has 0 heterocycles. The molecule has 1 N–H and O–H groups in total. The van der Waals surface area contributed by atoms with Crippen molar-refractivity contribution in [3.05, 3.63) is 70.8 Å². The average Bonchev–Trinajstić information content (AvgIpc) is 2.47. The zero-order valence-corrected chi connectivity index (χ0v) is 12.5. The molecule has 0 saturated carbocycles. The summed E-state index contributed by atoms with van der Waals surface area (Å²) in [6.07, 6.45) is 0. The molecule has 2 nitrogen and oxygen atoms in total. The molecule has 0 saturated heterocycles. The fraction of sp³-hybridized carbons (Fsp3) is 0.333. The van der Waals surface area contributed by atoms with Crippen molar-refractivity contribution in [3.63, 3.8) is 0 Å². The molecule has 0 aliphatic carbocycles. The van der Waals surface area contributed by atoms with Gasteiger partial charge in [0, 0.05) is 19.7 Å². The standard InChI is InChI=1S/C18H23NO/c1-14-8-4-7-11-18(14)15(2)19-12-16-9-5-6-10-17(16)13-20-3/h4-11,15,19H,12-13H2,1-3H3. The van der Waals surface area contributed by atoms with E-state index in [1.165, 1.54) is 22.3 Å². The van der Waals surface area contributed by atoms with E-state index in [9.17, 15) is 0 Å². The third-order valence-corrected chi connectivity index (χ3v) is 3.67. The summed E-state index contributed by atoms with van der Waals surface area (Å²) in [5.74, 6) is 0. The van der Waals surface area contributed by atoms with Gasteiger partial charge in [0.1, 0.15) is 0 Å². The molecule has 106 valence electrons. The molecule has 2 aromatic carbocycles. The van der Waals surface area contributed by atoms with E-state index in [1.54, 1.807) is 7.11 Å². The Morgan fingerprint density at radius 3 is 2.35 bits per heavy atom. The second-order valence-corrected chi connectivity index (χ2v) is 5.16. The van der Waals surface area contributed by atoms with Gasteiger partial charge in [-0.25, -0.2) is 0 Å². The molecule has 0 aromatic heterocycles. The van der Waals surface area contributed by atoms with E-state index in [2.05, 4.69) is 67.7 Å². The number of rotatable bonds is 6. The average molecular weight is 269 g/mol. The van der Waals surface area contributed by atoms with Crippen LogP contribution in [0.2, 0.25) is 0 Å². The summed E-state index contributed by atoms with van der Waals surface area (Å²) in [7, 11) is 1.74. The first-order valence-electron chi connectivity index (χ1n) is 7.07. The predicted octanol–water partition coefficient (Wildman–Crippen LogP) is 3.99. The third-order valence-electron chi connectivity index (χ3n) is 3.67. The molecule has 0 amide bonds. The molecule has 0 aliphatic rings. The van der Waals surface area contributed by atoms with E-state index in [4.69, 9.17) is 4.74 Å². The van der Waals surface area contributed by atoms with Gasteiger partial charge in [0.15, 0.2) is 0 Å². The fourth-order valence-corrected chi connectivity index (χ4v) is 2.47. The van der Waals surface area contributed by atoms with Gasteiger partial charge in [-0.3, -0.25) is 0 Å². The second-order valence-electron chi connectivity index (χ2n) is 5.16. The van der Waals surface area contributed by atoms with Crippen molar-refractivity contribution < 1.29 is 4.74 Å². The Morgan fingerprint density at radius 2 is 1.65 bits per heavy atom. The monoisotopic (exact) mass is 269 g/mol. The lowest BCUT2D eigenvalue weighted by Crippen LogP contribution is -2.19. The van der Waals surface area contributed by atoms with Crippen LogP contribution in [0, 0.1) is 6.92 Å². The summed E-state index contributed by atoms with van der Waals surface area (Å²) in [6, 6.07) is 17.3. The number of nitrogens with one attached hydrogen (secondary N) is 1. The van der Waals surface area contributed by atoms with Gasteiger partial charge >= 0.3 is 0 Å². The normalized spacial score (nSPS) is 12.3. The maximum Gasteiger partial charge on any atom is 0.0716 e. The molecule has 2 heteroatoms. The molecular formula is C18H23NO. The predicted molar refractivity (Wildman–Crippen MR) is 83.6 cm³/mol. The minimum atomic E-state index is 0.340. The van der Waals surface area contributed by atoms with Crippen molar-refractivity contribution >= 4 is 0 Å². The van der Waals surface area contributed by atoms with Gasteiger partial charge in [-0.1, -0.05) is 48.5 Å². The lowest BCUT2D eigenvalue weighted by atomic mass is 10.0. The zero-order chi connectivity index (χ0) is 14.4. The summed E-state index contributed by atoms with van der Waals surface area (Å²) in [5, 5.41) is 3.60. The third kappa shape index (κ3) is 3.69. The topological polar surface area (TPSA) is 21.3 Å². The Balaban J connectivity index is 2.04. The summed E-state index contributed by atoms with van der Waals surface area (Å²) in [6.45, 7) is 5.89. The van der Waals surface area contributed by atoms with Gasteiger partial charge in [-0.2, -0.15) is 0 Å².